The van der Waals surface area contributed by atoms with Crippen molar-refractivity contribution in [2.24, 2.45) is 11.1 Å². The van der Waals surface area contributed by atoms with Gasteiger partial charge in [0.2, 0.25) is 0 Å². The SMILES string of the molecule is NCC1(Cc2cccc(Br)c2)COc2ccccc2C1. The molecule has 2 aromatic rings. The average Bonchev–Trinajstić information content (AvgIpc) is 2.47. The van der Waals surface area contributed by atoms with Crippen LogP contribution in [0.4, 0.5) is 0 Å². The number of hydrogen-bond acceptors (Lipinski definition) is 2. The summed E-state index contributed by atoms with van der Waals surface area (Å²) in [6.45, 7) is 1.32. The van der Waals surface area contributed by atoms with Crippen molar-refractivity contribution < 1.29 is 4.74 Å². The predicted molar refractivity (Wildman–Crippen MR) is 85.0 cm³/mol. The van der Waals surface area contributed by atoms with Gasteiger partial charge in [-0.05, 0) is 42.2 Å². The Labute approximate surface area is 128 Å². The molecule has 2 nitrogen and oxygen atoms in total. The topological polar surface area (TPSA) is 35.2 Å². The van der Waals surface area contributed by atoms with Gasteiger partial charge in [-0.3, -0.25) is 0 Å². The summed E-state index contributed by atoms with van der Waals surface area (Å²) in [5.74, 6) is 1.01. The summed E-state index contributed by atoms with van der Waals surface area (Å²) in [7, 11) is 0. The lowest BCUT2D eigenvalue weighted by Crippen LogP contribution is -2.43. The lowest BCUT2D eigenvalue weighted by molar-refractivity contribution is 0.126. The Balaban J connectivity index is 1.86. The van der Waals surface area contributed by atoms with Gasteiger partial charge < -0.3 is 10.5 Å². The zero-order valence-corrected chi connectivity index (χ0v) is 12.9. The minimum absolute atomic E-state index is 0.00481. The zero-order valence-electron chi connectivity index (χ0n) is 11.3. The maximum atomic E-state index is 6.09. The van der Waals surface area contributed by atoms with E-state index in [1.165, 1.54) is 11.1 Å². The van der Waals surface area contributed by atoms with Crippen LogP contribution in [0, 0.1) is 5.41 Å². The van der Waals surface area contributed by atoms with E-state index >= 15 is 0 Å². The molecular weight excluding hydrogens is 314 g/mol. The maximum absolute atomic E-state index is 6.09. The molecule has 0 saturated carbocycles. The molecule has 0 bridgehead atoms. The van der Waals surface area contributed by atoms with Crippen LogP contribution in [0.2, 0.25) is 0 Å². The second-order valence-electron chi connectivity index (χ2n) is 5.58. The third kappa shape index (κ3) is 2.74. The van der Waals surface area contributed by atoms with Crippen molar-refractivity contribution in [3.05, 3.63) is 64.1 Å². The summed E-state index contributed by atoms with van der Waals surface area (Å²) in [5.41, 5.74) is 8.65. The van der Waals surface area contributed by atoms with Crippen molar-refractivity contribution in [2.45, 2.75) is 12.8 Å². The van der Waals surface area contributed by atoms with E-state index in [-0.39, 0.29) is 5.41 Å². The van der Waals surface area contributed by atoms with Gasteiger partial charge in [-0.2, -0.15) is 0 Å². The fourth-order valence-electron chi connectivity index (χ4n) is 2.87. The zero-order chi connectivity index (χ0) is 14.0. The molecule has 0 saturated heterocycles. The Morgan fingerprint density at radius 3 is 2.80 bits per heavy atom. The third-order valence-electron chi connectivity index (χ3n) is 3.97. The fourth-order valence-corrected chi connectivity index (χ4v) is 3.32. The molecule has 0 amide bonds. The van der Waals surface area contributed by atoms with Gasteiger partial charge in [0.1, 0.15) is 5.75 Å². The summed E-state index contributed by atoms with van der Waals surface area (Å²) in [6.07, 6.45) is 1.92. The molecule has 1 aliphatic rings. The van der Waals surface area contributed by atoms with Gasteiger partial charge in [0, 0.05) is 16.4 Å². The quantitative estimate of drug-likeness (QED) is 0.933. The summed E-state index contributed by atoms with van der Waals surface area (Å²) in [5, 5.41) is 0. The molecule has 0 fully saturated rings. The van der Waals surface area contributed by atoms with Crippen molar-refractivity contribution in [3.8, 4) is 5.75 Å². The van der Waals surface area contributed by atoms with Gasteiger partial charge in [-0.25, -0.2) is 0 Å². The van der Waals surface area contributed by atoms with E-state index in [0.29, 0.717) is 13.2 Å². The minimum Gasteiger partial charge on any atom is -0.493 e. The molecule has 2 aromatic carbocycles. The van der Waals surface area contributed by atoms with Crippen LogP contribution in [-0.4, -0.2) is 13.2 Å². The maximum Gasteiger partial charge on any atom is 0.122 e. The van der Waals surface area contributed by atoms with Gasteiger partial charge in [0.05, 0.1) is 6.61 Å². The minimum atomic E-state index is -0.00481. The average molecular weight is 332 g/mol. The Hall–Kier alpha value is -1.32. The van der Waals surface area contributed by atoms with Crippen LogP contribution in [0.1, 0.15) is 11.1 Å². The molecule has 0 aromatic heterocycles. The number of rotatable bonds is 3. The van der Waals surface area contributed by atoms with E-state index in [1.807, 2.05) is 18.2 Å². The van der Waals surface area contributed by atoms with Crippen molar-refractivity contribution in [2.75, 3.05) is 13.2 Å². The van der Waals surface area contributed by atoms with Crippen LogP contribution in [-0.2, 0) is 12.8 Å². The highest BCUT2D eigenvalue weighted by Gasteiger charge is 2.34. The number of hydrogen-bond donors (Lipinski definition) is 1. The van der Waals surface area contributed by atoms with Crippen LogP contribution in [0.25, 0.3) is 0 Å². The van der Waals surface area contributed by atoms with Crippen LogP contribution in [0.15, 0.2) is 53.0 Å². The first-order chi connectivity index (χ1) is 9.71. The van der Waals surface area contributed by atoms with Crippen molar-refractivity contribution >= 4 is 15.9 Å². The second kappa shape index (κ2) is 5.58. The van der Waals surface area contributed by atoms with Crippen molar-refractivity contribution in [3.63, 3.8) is 0 Å². The van der Waals surface area contributed by atoms with Crippen molar-refractivity contribution in [1.29, 1.82) is 0 Å². The molecule has 1 aliphatic heterocycles. The normalized spacial score (nSPS) is 21.1. The van der Waals surface area contributed by atoms with Gasteiger partial charge >= 0.3 is 0 Å². The lowest BCUT2D eigenvalue weighted by Gasteiger charge is -2.37. The van der Waals surface area contributed by atoms with E-state index < -0.39 is 0 Å². The molecule has 1 atom stereocenters. The summed E-state index contributed by atoms with van der Waals surface area (Å²) < 4.78 is 7.05. The number of ether oxygens (including phenoxy) is 1. The number of benzene rings is 2. The van der Waals surface area contributed by atoms with Crippen LogP contribution in [0.3, 0.4) is 0 Å². The summed E-state index contributed by atoms with van der Waals surface area (Å²) >= 11 is 3.53. The number of para-hydroxylation sites is 1. The Morgan fingerprint density at radius 2 is 2.00 bits per heavy atom. The Morgan fingerprint density at radius 1 is 1.15 bits per heavy atom. The highest BCUT2D eigenvalue weighted by Crippen LogP contribution is 2.36. The first-order valence-electron chi connectivity index (χ1n) is 6.86. The van der Waals surface area contributed by atoms with E-state index in [4.69, 9.17) is 10.5 Å². The number of halogens is 1. The molecule has 2 N–H and O–H groups in total. The Bertz CT molecular complexity index is 613. The largest absolute Gasteiger partial charge is 0.493 e. The Kier molecular flexibility index (Phi) is 3.81. The highest BCUT2D eigenvalue weighted by molar-refractivity contribution is 9.10. The molecule has 3 heteroatoms. The fraction of sp³-hybridized carbons (Fsp3) is 0.294. The standard InChI is InChI=1S/C17H18BrNO/c18-15-6-3-4-13(8-15)9-17(11-19)10-14-5-1-2-7-16(14)20-12-17/h1-8H,9-12,19H2. The van der Waals surface area contributed by atoms with Crippen LogP contribution < -0.4 is 10.5 Å². The summed E-state index contributed by atoms with van der Waals surface area (Å²) in [6, 6.07) is 16.7. The number of nitrogens with two attached hydrogens (primary N) is 1. The van der Waals surface area contributed by atoms with Gasteiger partial charge in [-0.1, -0.05) is 46.3 Å². The van der Waals surface area contributed by atoms with Crippen LogP contribution >= 0.6 is 15.9 Å². The van der Waals surface area contributed by atoms with E-state index in [9.17, 15) is 0 Å². The lowest BCUT2D eigenvalue weighted by atomic mass is 9.76. The summed E-state index contributed by atoms with van der Waals surface area (Å²) in [4.78, 5) is 0. The molecule has 1 unspecified atom stereocenters. The van der Waals surface area contributed by atoms with Crippen LogP contribution in [0.5, 0.6) is 5.75 Å². The number of fused-ring (bicyclic) bond motifs is 1. The molecule has 0 radical (unpaired) electrons. The molecule has 3 rings (SSSR count). The third-order valence-corrected chi connectivity index (χ3v) is 4.47. The molecular formula is C17H18BrNO. The predicted octanol–water partition coefficient (Wildman–Crippen LogP) is 3.57. The van der Waals surface area contributed by atoms with Gasteiger partial charge in [-0.15, -0.1) is 0 Å². The first kappa shape index (κ1) is 13.7. The first-order valence-corrected chi connectivity index (χ1v) is 7.65. The monoisotopic (exact) mass is 331 g/mol. The highest BCUT2D eigenvalue weighted by atomic mass is 79.9. The van der Waals surface area contributed by atoms with Gasteiger partial charge in [0.25, 0.3) is 0 Å². The molecule has 0 spiro atoms. The van der Waals surface area contributed by atoms with Gasteiger partial charge in [0.15, 0.2) is 0 Å². The van der Waals surface area contributed by atoms with E-state index in [2.05, 4.69) is 46.3 Å². The molecule has 104 valence electrons. The van der Waals surface area contributed by atoms with Crippen molar-refractivity contribution in [1.82, 2.24) is 0 Å². The van der Waals surface area contributed by atoms with E-state index in [0.717, 1.165) is 23.1 Å². The van der Waals surface area contributed by atoms with E-state index in [1.54, 1.807) is 0 Å². The molecule has 20 heavy (non-hydrogen) atoms. The molecule has 1 heterocycles. The smallest absolute Gasteiger partial charge is 0.122 e. The second-order valence-corrected chi connectivity index (χ2v) is 6.50. The molecule has 0 aliphatic carbocycles.